The van der Waals surface area contributed by atoms with Gasteiger partial charge in [0.05, 0.1) is 11.0 Å². The Morgan fingerprint density at radius 1 is 1.46 bits per heavy atom. The molecule has 130 valence electrons. The Morgan fingerprint density at radius 2 is 2.08 bits per heavy atom. The summed E-state index contributed by atoms with van der Waals surface area (Å²) in [5, 5.41) is 11.9. The van der Waals surface area contributed by atoms with E-state index in [2.05, 4.69) is 11.4 Å². The first-order chi connectivity index (χ1) is 11.1. The number of nitriles is 1. The van der Waals surface area contributed by atoms with Crippen molar-refractivity contribution in [1.29, 1.82) is 5.26 Å². The zero-order valence-corrected chi connectivity index (χ0v) is 14.6. The Bertz CT molecular complexity index is 849. The summed E-state index contributed by atoms with van der Waals surface area (Å²) in [6.07, 6.45) is 2.89. The Labute approximate surface area is 140 Å². The summed E-state index contributed by atoms with van der Waals surface area (Å²) in [4.78, 5) is 24.0. The maximum atomic E-state index is 12.2. The van der Waals surface area contributed by atoms with Gasteiger partial charge in [-0.2, -0.15) is 5.26 Å². The van der Waals surface area contributed by atoms with E-state index in [-0.39, 0.29) is 17.4 Å². The lowest BCUT2D eigenvalue weighted by Crippen LogP contribution is -2.48. The summed E-state index contributed by atoms with van der Waals surface area (Å²) >= 11 is 0. The minimum atomic E-state index is -3.71. The minimum Gasteiger partial charge on any atom is -0.336 e. The van der Waals surface area contributed by atoms with Crippen LogP contribution in [0.2, 0.25) is 0 Å². The first-order valence-electron chi connectivity index (χ1n) is 7.45. The molecule has 1 N–H and O–H groups in total. The first kappa shape index (κ1) is 18.2. The number of hydrogen-bond acceptors (Lipinski definition) is 5. The van der Waals surface area contributed by atoms with Gasteiger partial charge in [-0.25, -0.2) is 12.7 Å². The fourth-order valence-electron chi connectivity index (χ4n) is 2.36. The molecule has 8 nitrogen and oxygen atoms in total. The average Bonchev–Trinajstić information content (AvgIpc) is 3.34. The normalized spacial score (nSPS) is 17.1. The highest BCUT2D eigenvalue weighted by Crippen LogP contribution is 2.39. The molecule has 1 atom stereocenters. The molecular weight excluding hydrogens is 332 g/mol. The van der Waals surface area contributed by atoms with Crippen molar-refractivity contribution in [2.45, 2.75) is 36.7 Å². The molecule has 0 bridgehead atoms. The van der Waals surface area contributed by atoms with Crippen molar-refractivity contribution in [3.05, 3.63) is 28.7 Å². The van der Waals surface area contributed by atoms with E-state index in [1.165, 1.54) is 20.2 Å². The second-order valence-corrected chi connectivity index (χ2v) is 8.41. The van der Waals surface area contributed by atoms with E-state index in [0.29, 0.717) is 0 Å². The molecule has 0 saturated heterocycles. The Balaban J connectivity index is 2.22. The fourth-order valence-corrected chi connectivity index (χ4v) is 3.28. The molecule has 1 aliphatic carbocycles. The summed E-state index contributed by atoms with van der Waals surface area (Å²) in [5.74, 6) is -0.393. The molecule has 0 spiro atoms. The van der Waals surface area contributed by atoms with Crippen LogP contribution in [0.4, 0.5) is 0 Å². The molecule has 9 heteroatoms. The molecular formula is C15H20N4O4S. The van der Waals surface area contributed by atoms with Gasteiger partial charge in [-0.15, -0.1) is 0 Å². The second-order valence-electron chi connectivity index (χ2n) is 6.25. The largest absolute Gasteiger partial charge is 0.336 e. The SMILES string of the molecule is CN(C)S(=O)(=O)c1ccc(=O)n(CC(=O)NC(C)(C#N)C2CC2)c1. The first-order valence-corrected chi connectivity index (χ1v) is 8.89. The van der Waals surface area contributed by atoms with E-state index in [9.17, 15) is 23.3 Å². The third-order valence-electron chi connectivity index (χ3n) is 4.07. The number of aromatic nitrogens is 1. The number of rotatable bonds is 6. The van der Waals surface area contributed by atoms with Gasteiger partial charge in [0.2, 0.25) is 15.9 Å². The van der Waals surface area contributed by atoms with Crippen molar-refractivity contribution in [3.63, 3.8) is 0 Å². The van der Waals surface area contributed by atoms with Crippen LogP contribution in [0, 0.1) is 17.2 Å². The quantitative estimate of drug-likeness (QED) is 0.769. The van der Waals surface area contributed by atoms with Gasteiger partial charge in [0.25, 0.3) is 5.56 Å². The third kappa shape index (κ3) is 3.66. The molecule has 2 rings (SSSR count). The smallest absolute Gasteiger partial charge is 0.251 e. The van der Waals surface area contributed by atoms with Crippen LogP contribution < -0.4 is 10.9 Å². The Morgan fingerprint density at radius 3 is 2.58 bits per heavy atom. The lowest BCUT2D eigenvalue weighted by molar-refractivity contribution is -0.123. The summed E-state index contributed by atoms with van der Waals surface area (Å²) in [6.45, 7) is 1.30. The van der Waals surface area contributed by atoms with E-state index < -0.39 is 27.0 Å². The lowest BCUT2D eigenvalue weighted by Gasteiger charge is -2.23. The monoisotopic (exact) mass is 352 g/mol. The Kier molecular flexibility index (Phi) is 4.82. The molecule has 24 heavy (non-hydrogen) atoms. The van der Waals surface area contributed by atoms with Crippen LogP contribution in [-0.4, -0.2) is 42.8 Å². The van der Waals surface area contributed by atoms with E-state index in [4.69, 9.17) is 0 Å². The highest BCUT2D eigenvalue weighted by atomic mass is 32.2. The zero-order chi connectivity index (χ0) is 18.1. The maximum Gasteiger partial charge on any atom is 0.251 e. The molecule has 1 saturated carbocycles. The van der Waals surface area contributed by atoms with Crippen molar-refractivity contribution in [3.8, 4) is 6.07 Å². The van der Waals surface area contributed by atoms with Gasteiger partial charge >= 0.3 is 0 Å². The number of hydrogen-bond donors (Lipinski definition) is 1. The summed E-state index contributed by atoms with van der Waals surface area (Å²) < 4.78 is 26.3. The van der Waals surface area contributed by atoms with Gasteiger partial charge in [0, 0.05) is 26.4 Å². The van der Waals surface area contributed by atoms with Crippen molar-refractivity contribution in [1.82, 2.24) is 14.2 Å². The lowest BCUT2D eigenvalue weighted by atomic mass is 9.98. The van der Waals surface area contributed by atoms with Gasteiger partial charge in [0.1, 0.15) is 12.1 Å². The van der Waals surface area contributed by atoms with Gasteiger partial charge in [-0.1, -0.05) is 0 Å². The van der Waals surface area contributed by atoms with E-state index in [0.717, 1.165) is 34.0 Å². The molecule has 1 unspecified atom stereocenters. The molecule has 1 aliphatic rings. The number of carbonyl (C=O) groups excluding carboxylic acids is 1. The molecule has 0 aromatic carbocycles. The molecule has 1 aromatic rings. The number of amides is 1. The predicted octanol–water partition coefficient (Wildman–Crippen LogP) is -0.0929. The van der Waals surface area contributed by atoms with E-state index >= 15 is 0 Å². The molecule has 1 fully saturated rings. The van der Waals surface area contributed by atoms with Crippen LogP contribution >= 0.6 is 0 Å². The molecule has 1 aromatic heterocycles. The molecule has 0 radical (unpaired) electrons. The van der Waals surface area contributed by atoms with Gasteiger partial charge in [-0.3, -0.25) is 9.59 Å². The average molecular weight is 352 g/mol. The molecule has 1 heterocycles. The third-order valence-corrected chi connectivity index (χ3v) is 5.87. The number of nitrogens with one attached hydrogen (secondary N) is 1. The van der Waals surface area contributed by atoms with E-state index in [1.807, 2.05) is 0 Å². The number of carbonyl (C=O) groups is 1. The van der Waals surface area contributed by atoms with Crippen LogP contribution in [0.15, 0.2) is 28.0 Å². The van der Waals surface area contributed by atoms with Gasteiger partial charge < -0.3 is 9.88 Å². The predicted molar refractivity (Wildman–Crippen MR) is 86.5 cm³/mol. The van der Waals surface area contributed by atoms with Crippen LogP contribution in [0.5, 0.6) is 0 Å². The molecule has 0 aliphatic heterocycles. The number of pyridine rings is 1. The van der Waals surface area contributed by atoms with Crippen LogP contribution in [0.25, 0.3) is 0 Å². The van der Waals surface area contributed by atoms with E-state index in [1.54, 1.807) is 6.92 Å². The maximum absolute atomic E-state index is 12.2. The number of sulfonamides is 1. The summed E-state index contributed by atoms with van der Waals surface area (Å²) in [5.41, 5.74) is -1.46. The van der Waals surface area contributed by atoms with Crippen LogP contribution in [-0.2, 0) is 21.4 Å². The summed E-state index contributed by atoms with van der Waals surface area (Å²) in [7, 11) is -0.945. The highest BCUT2D eigenvalue weighted by molar-refractivity contribution is 7.89. The minimum absolute atomic E-state index is 0.0786. The summed E-state index contributed by atoms with van der Waals surface area (Å²) in [6, 6.07) is 4.41. The molecule has 1 amide bonds. The second kappa shape index (κ2) is 6.37. The van der Waals surface area contributed by atoms with Gasteiger partial charge in [0.15, 0.2) is 0 Å². The topological polar surface area (TPSA) is 112 Å². The number of nitrogens with zero attached hydrogens (tertiary/aromatic N) is 3. The zero-order valence-electron chi connectivity index (χ0n) is 13.8. The fraction of sp³-hybridized carbons (Fsp3) is 0.533. The van der Waals surface area contributed by atoms with Crippen LogP contribution in [0.3, 0.4) is 0 Å². The van der Waals surface area contributed by atoms with Crippen molar-refractivity contribution in [2.75, 3.05) is 14.1 Å². The van der Waals surface area contributed by atoms with Crippen molar-refractivity contribution < 1.29 is 13.2 Å². The highest BCUT2D eigenvalue weighted by Gasteiger charge is 2.43. The van der Waals surface area contributed by atoms with Gasteiger partial charge in [-0.05, 0) is 31.7 Å². The Hall–Kier alpha value is -2.18. The van der Waals surface area contributed by atoms with Crippen LogP contribution in [0.1, 0.15) is 19.8 Å². The van der Waals surface area contributed by atoms with Crippen molar-refractivity contribution in [2.24, 2.45) is 5.92 Å². The van der Waals surface area contributed by atoms with Crippen molar-refractivity contribution >= 4 is 15.9 Å². The standard InChI is InChI=1S/C15H20N4O4S/c1-15(10-16,11-4-5-11)17-13(20)9-19-8-12(6-7-14(19)21)24(22,23)18(2)3/h6-8,11H,4-5,9H2,1-3H3,(H,17,20).